The highest BCUT2D eigenvalue weighted by atomic mass is 32.1. The van der Waals surface area contributed by atoms with Crippen LogP contribution in [0.25, 0.3) is 0 Å². The van der Waals surface area contributed by atoms with E-state index in [4.69, 9.17) is 0 Å². The number of rotatable bonds is 6. The smallest absolute Gasteiger partial charge is 0.0302 e. The molecule has 2 heteroatoms. The van der Waals surface area contributed by atoms with Gasteiger partial charge in [0.25, 0.3) is 0 Å². The maximum Gasteiger partial charge on any atom is 0.0302 e. The summed E-state index contributed by atoms with van der Waals surface area (Å²) in [5, 5.41) is 3.66. The molecule has 92 valence electrons. The fraction of sp³-hybridized carbons (Fsp3) is 0.714. The number of hydrogen-bond donors (Lipinski definition) is 1. The second-order valence-electron chi connectivity index (χ2n) is 4.68. The highest BCUT2D eigenvalue weighted by Gasteiger charge is 2.12. The molecule has 0 bridgehead atoms. The predicted molar refractivity (Wildman–Crippen MR) is 74.3 cm³/mol. The van der Waals surface area contributed by atoms with Crippen LogP contribution >= 0.6 is 11.3 Å². The van der Waals surface area contributed by atoms with Gasteiger partial charge < -0.3 is 5.32 Å². The van der Waals surface area contributed by atoms with Gasteiger partial charge in [-0.05, 0) is 44.9 Å². The zero-order valence-corrected chi connectivity index (χ0v) is 12.1. The summed E-state index contributed by atoms with van der Waals surface area (Å²) in [4.78, 5) is 2.88. The Morgan fingerprint density at radius 1 is 1.25 bits per heavy atom. The first kappa shape index (κ1) is 13.7. The van der Waals surface area contributed by atoms with Gasteiger partial charge in [0.2, 0.25) is 0 Å². The van der Waals surface area contributed by atoms with Gasteiger partial charge >= 0.3 is 0 Å². The van der Waals surface area contributed by atoms with E-state index in [2.05, 4.69) is 46.0 Å². The average molecular weight is 239 g/mol. The molecule has 1 aromatic rings. The van der Waals surface area contributed by atoms with Gasteiger partial charge in [-0.25, -0.2) is 0 Å². The highest BCUT2D eigenvalue weighted by molar-refractivity contribution is 7.12. The zero-order valence-electron chi connectivity index (χ0n) is 11.3. The minimum absolute atomic E-state index is 0.491. The minimum atomic E-state index is 0.491. The summed E-state index contributed by atoms with van der Waals surface area (Å²) in [5.74, 6) is 0.822. The number of thiophene rings is 1. The zero-order chi connectivity index (χ0) is 12.1. The van der Waals surface area contributed by atoms with Crippen molar-refractivity contribution in [3.05, 3.63) is 21.4 Å². The Balaban J connectivity index is 2.52. The summed E-state index contributed by atoms with van der Waals surface area (Å²) in [6, 6.07) is 2.82. The van der Waals surface area contributed by atoms with Crippen LogP contribution in [0.15, 0.2) is 6.07 Å². The van der Waals surface area contributed by atoms with E-state index in [0.717, 1.165) is 12.5 Å². The topological polar surface area (TPSA) is 12.0 Å². The van der Waals surface area contributed by atoms with Gasteiger partial charge in [-0.1, -0.05) is 26.7 Å². The molecule has 1 N–H and O–H groups in total. The molecule has 0 fully saturated rings. The standard InChI is InChI=1S/C14H25NS/c1-6-13(7-2)9-15-11(4)14-8-10(3)16-12(14)5/h8,11,13,15H,6-7,9H2,1-5H3. The van der Waals surface area contributed by atoms with Crippen molar-refractivity contribution in [3.63, 3.8) is 0 Å². The van der Waals surface area contributed by atoms with Crippen molar-refractivity contribution in [2.45, 2.75) is 53.5 Å². The molecule has 1 atom stereocenters. The van der Waals surface area contributed by atoms with E-state index < -0.39 is 0 Å². The largest absolute Gasteiger partial charge is 0.310 e. The Labute approximate surface area is 104 Å². The Bertz CT molecular complexity index is 313. The molecule has 0 radical (unpaired) electrons. The highest BCUT2D eigenvalue weighted by Crippen LogP contribution is 2.26. The van der Waals surface area contributed by atoms with Crippen molar-refractivity contribution >= 4 is 11.3 Å². The lowest BCUT2D eigenvalue weighted by atomic mass is 10.0. The van der Waals surface area contributed by atoms with Crippen LogP contribution in [-0.4, -0.2) is 6.54 Å². The molecule has 0 amide bonds. The third kappa shape index (κ3) is 3.60. The summed E-state index contributed by atoms with van der Waals surface area (Å²) in [6.45, 7) is 12.4. The molecule has 1 unspecified atom stereocenters. The van der Waals surface area contributed by atoms with Crippen molar-refractivity contribution in [1.82, 2.24) is 5.32 Å². The van der Waals surface area contributed by atoms with Gasteiger partial charge in [-0.2, -0.15) is 0 Å². The van der Waals surface area contributed by atoms with Gasteiger partial charge in [-0.3, -0.25) is 0 Å². The molecule has 1 nitrogen and oxygen atoms in total. The molecule has 0 spiro atoms. The van der Waals surface area contributed by atoms with Crippen molar-refractivity contribution < 1.29 is 0 Å². The lowest BCUT2D eigenvalue weighted by molar-refractivity contribution is 0.422. The Morgan fingerprint density at radius 2 is 1.88 bits per heavy atom. The van der Waals surface area contributed by atoms with Crippen molar-refractivity contribution in [3.8, 4) is 0 Å². The first-order valence-corrected chi connectivity index (χ1v) is 7.20. The summed E-state index contributed by atoms with van der Waals surface area (Å²) < 4.78 is 0. The van der Waals surface area contributed by atoms with Crippen molar-refractivity contribution in [2.75, 3.05) is 6.54 Å². The number of nitrogens with one attached hydrogen (secondary N) is 1. The van der Waals surface area contributed by atoms with E-state index in [1.807, 2.05) is 11.3 Å². The minimum Gasteiger partial charge on any atom is -0.310 e. The van der Waals surface area contributed by atoms with Crippen molar-refractivity contribution in [2.24, 2.45) is 5.92 Å². The van der Waals surface area contributed by atoms with E-state index in [-0.39, 0.29) is 0 Å². The maximum atomic E-state index is 3.66. The van der Waals surface area contributed by atoms with E-state index in [1.165, 1.54) is 28.2 Å². The molecular formula is C14H25NS. The molecule has 0 saturated heterocycles. The van der Waals surface area contributed by atoms with Gasteiger partial charge in [-0.15, -0.1) is 11.3 Å². The monoisotopic (exact) mass is 239 g/mol. The van der Waals surface area contributed by atoms with Gasteiger partial charge in [0, 0.05) is 15.8 Å². The van der Waals surface area contributed by atoms with E-state index in [9.17, 15) is 0 Å². The van der Waals surface area contributed by atoms with Gasteiger partial charge in [0.05, 0.1) is 0 Å². The van der Waals surface area contributed by atoms with Crippen LogP contribution in [0.2, 0.25) is 0 Å². The summed E-state index contributed by atoms with van der Waals surface area (Å²) in [7, 11) is 0. The fourth-order valence-electron chi connectivity index (χ4n) is 2.11. The molecule has 16 heavy (non-hydrogen) atoms. The van der Waals surface area contributed by atoms with Gasteiger partial charge in [0.15, 0.2) is 0 Å². The SMILES string of the molecule is CCC(CC)CNC(C)c1cc(C)sc1C. The molecule has 0 saturated carbocycles. The first-order valence-electron chi connectivity index (χ1n) is 6.38. The molecule has 1 heterocycles. The van der Waals surface area contributed by atoms with Gasteiger partial charge in [0.1, 0.15) is 0 Å². The molecule has 0 aliphatic rings. The molecule has 0 aromatic carbocycles. The van der Waals surface area contributed by atoms with Crippen LogP contribution in [0.3, 0.4) is 0 Å². The fourth-order valence-corrected chi connectivity index (χ4v) is 3.13. The number of aryl methyl sites for hydroxylation is 2. The lowest BCUT2D eigenvalue weighted by Crippen LogP contribution is -2.25. The van der Waals surface area contributed by atoms with Crippen LogP contribution in [0.1, 0.15) is 55.0 Å². The molecule has 1 aromatic heterocycles. The third-order valence-corrected chi connectivity index (χ3v) is 4.40. The van der Waals surface area contributed by atoms with Crippen LogP contribution in [0.4, 0.5) is 0 Å². The average Bonchev–Trinajstić information content (AvgIpc) is 2.59. The van der Waals surface area contributed by atoms with E-state index in [0.29, 0.717) is 6.04 Å². The Hall–Kier alpha value is -0.340. The Kier molecular flexibility index (Phi) is 5.50. The van der Waals surface area contributed by atoms with E-state index in [1.54, 1.807) is 0 Å². The normalized spacial score (nSPS) is 13.4. The second-order valence-corrected chi connectivity index (χ2v) is 6.14. The van der Waals surface area contributed by atoms with Crippen molar-refractivity contribution in [1.29, 1.82) is 0 Å². The van der Waals surface area contributed by atoms with Crippen LogP contribution in [0.5, 0.6) is 0 Å². The first-order chi connectivity index (χ1) is 7.58. The summed E-state index contributed by atoms with van der Waals surface area (Å²) >= 11 is 1.90. The van der Waals surface area contributed by atoms with Crippen LogP contribution < -0.4 is 5.32 Å². The lowest BCUT2D eigenvalue weighted by Gasteiger charge is -2.18. The third-order valence-electron chi connectivity index (χ3n) is 3.41. The molecule has 0 aliphatic heterocycles. The molecule has 0 aliphatic carbocycles. The predicted octanol–water partition coefficient (Wildman–Crippen LogP) is 4.45. The summed E-state index contributed by atoms with van der Waals surface area (Å²) in [6.07, 6.45) is 2.55. The molecule has 1 rings (SSSR count). The quantitative estimate of drug-likeness (QED) is 0.773. The maximum absolute atomic E-state index is 3.66. The number of hydrogen-bond acceptors (Lipinski definition) is 2. The molecular weight excluding hydrogens is 214 g/mol. The second kappa shape index (κ2) is 6.41. The Morgan fingerprint density at radius 3 is 2.31 bits per heavy atom. The van der Waals surface area contributed by atoms with Crippen LogP contribution in [0, 0.1) is 19.8 Å². The summed E-state index contributed by atoms with van der Waals surface area (Å²) in [5.41, 5.74) is 1.48. The van der Waals surface area contributed by atoms with Crippen LogP contribution in [-0.2, 0) is 0 Å². The van der Waals surface area contributed by atoms with E-state index >= 15 is 0 Å².